The van der Waals surface area contributed by atoms with Crippen molar-refractivity contribution in [1.29, 1.82) is 0 Å². The molecule has 1 aromatic carbocycles. The third-order valence-electron chi connectivity index (χ3n) is 2.64. The molecule has 3 nitrogen and oxygen atoms in total. The van der Waals surface area contributed by atoms with E-state index in [-0.39, 0.29) is 0 Å². The Morgan fingerprint density at radius 3 is 3.07 bits per heavy atom. The lowest BCUT2D eigenvalue weighted by Crippen LogP contribution is -2.23. The molecule has 0 fully saturated rings. The Bertz CT molecular complexity index is 338. The van der Waals surface area contributed by atoms with Crippen LogP contribution in [0.5, 0.6) is 5.75 Å². The van der Waals surface area contributed by atoms with Gasteiger partial charge in [0.15, 0.2) is 0 Å². The molecule has 0 saturated heterocycles. The molecule has 2 N–H and O–H groups in total. The van der Waals surface area contributed by atoms with E-state index >= 15 is 0 Å². The minimum atomic E-state index is 0.337. The van der Waals surface area contributed by atoms with Crippen LogP contribution >= 0.6 is 0 Å². The van der Waals surface area contributed by atoms with Crippen LogP contribution in [0.2, 0.25) is 0 Å². The van der Waals surface area contributed by atoms with Crippen molar-refractivity contribution in [3.05, 3.63) is 18.2 Å². The van der Waals surface area contributed by atoms with E-state index in [1.807, 2.05) is 12.1 Å². The molecule has 1 aliphatic heterocycles. The molecule has 0 saturated carbocycles. The highest BCUT2D eigenvalue weighted by molar-refractivity contribution is 5.76. The van der Waals surface area contributed by atoms with Gasteiger partial charge in [-0.1, -0.05) is 13.0 Å². The molecule has 1 unspecified atom stereocenters. The first-order chi connectivity index (χ1) is 6.68. The molecule has 0 amide bonds. The molecule has 1 atom stereocenters. The fraction of sp³-hybridized carbons (Fsp3) is 0.455. The van der Waals surface area contributed by atoms with E-state index in [9.17, 15) is 5.11 Å². The van der Waals surface area contributed by atoms with Crippen LogP contribution in [0.25, 0.3) is 0 Å². The number of benzene rings is 1. The van der Waals surface area contributed by atoms with Crippen molar-refractivity contribution in [3.63, 3.8) is 0 Å². The second kappa shape index (κ2) is 3.40. The molecular formula is C11H16N2O. The molecule has 0 aliphatic carbocycles. The molecule has 0 aromatic heterocycles. The van der Waals surface area contributed by atoms with Gasteiger partial charge < -0.3 is 15.3 Å². The number of rotatable bonds is 0. The van der Waals surface area contributed by atoms with Crippen LogP contribution in [-0.2, 0) is 0 Å². The first-order valence-corrected chi connectivity index (χ1v) is 4.95. The third-order valence-corrected chi connectivity index (χ3v) is 2.64. The van der Waals surface area contributed by atoms with Gasteiger partial charge in [0.05, 0.1) is 5.69 Å². The van der Waals surface area contributed by atoms with Gasteiger partial charge in [0.1, 0.15) is 11.4 Å². The van der Waals surface area contributed by atoms with Crippen LogP contribution in [0.1, 0.15) is 6.92 Å². The van der Waals surface area contributed by atoms with Crippen LogP contribution in [0.3, 0.4) is 0 Å². The number of nitrogens with one attached hydrogen (secondary N) is 1. The van der Waals surface area contributed by atoms with Crippen LogP contribution in [0, 0.1) is 5.92 Å². The van der Waals surface area contributed by atoms with Crippen molar-refractivity contribution < 1.29 is 5.11 Å². The molecule has 1 heterocycles. The SMILES string of the molecule is CC1CNc2c(O)cccc2N(C)C1. The molecule has 2 rings (SSSR count). The number of phenolic OH excluding ortho intramolecular Hbond substituents is 1. The largest absolute Gasteiger partial charge is 0.506 e. The average Bonchev–Trinajstić information content (AvgIpc) is 2.28. The molecule has 14 heavy (non-hydrogen) atoms. The number of para-hydroxylation sites is 1. The summed E-state index contributed by atoms with van der Waals surface area (Å²) in [4.78, 5) is 2.18. The second-order valence-corrected chi connectivity index (χ2v) is 4.04. The van der Waals surface area contributed by atoms with E-state index in [0.717, 1.165) is 24.5 Å². The van der Waals surface area contributed by atoms with Gasteiger partial charge in [-0.05, 0) is 18.1 Å². The summed E-state index contributed by atoms with van der Waals surface area (Å²) in [6.45, 7) is 4.13. The molecule has 0 bridgehead atoms. The lowest BCUT2D eigenvalue weighted by Gasteiger charge is -2.20. The van der Waals surface area contributed by atoms with Gasteiger partial charge in [0, 0.05) is 20.1 Å². The zero-order valence-corrected chi connectivity index (χ0v) is 8.62. The lowest BCUT2D eigenvalue weighted by molar-refractivity contribution is 0.477. The monoisotopic (exact) mass is 192 g/mol. The standard InChI is InChI=1S/C11H16N2O/c1-8-6-12-11-9(13(2)7-8)4-3-5-10(11)14/h3-5,8,12,14H,6-7H2,1-2H3. The van der Waals surface area contributed by atoms with Crippen LogP contribution in [0.15, 0.2) is 18.2 Å². The fourth-order valence-electron chi connectivity index (χ4n) is 1.93. The summed E-state index contributed by atoms with van der Waals surface area (Å²) in [7, 11) is 2.06. The molecular weight excluding hydrogens is 176 g/mol. The minimum Gasteiger partial charge on any atom is -0.506 e. The molecule has 0 radical (unpaired) electrons. The van der Waals surface area contributed by atoms with Crippen molar-refractivity contribution in [1.82, 2.24) is 0 Å². The van der Waals surface area contributed by atoms with E-state index in [1.54, 1.807) is 6.07 Å². The maximum Gasteiger partial charge on any atom is 0.140 e. The zero-order valence-electron chi connectivity index (χ0n) is 8.62. The Morgan fingerprint density at radius 1 is 1.50 bits per heavy atom. The maximum absolute atomic E-state index is 9.70. The topological polar surface area (TPSA) is 35.5 Å². The number of aromatic hydroxyl groups is 1. The number of hydrogen-bond acceptors (Lipinski definition) is 3. The summed E-state index contributed by atoms with van der Waals surface area (Å²) < 4.78 is 0. The third kappa shape index (κ3) is 1.50. The van der Waals surface area contributed by atoms with Crippen molar-refractivity contribution >= 4 is 11.4 Å². The second-order valence-electron chi connectivity index (χ2n) is 4.04. The van der Waals surface area contributed by atoms with Crippen molar-refractivity contribution in [3.8, 4) is 5.75 Å². The highest BCUT2D eigenvalue weighted by atomic mass is 16.3. The van der Waals surface area contributed by atoms with Gasteiger partial charge in [-0.25, -0.2) is 0 Å². The van der Waals surface area contributed by atoms with Crippen molar-refractivity contribution in [2.45, 2.75) is 6.92 Å². The van der Waals surface area contributed by atoms with Gasteiger partial charge in [0.2, 0.25) is 0 Å². The Labute approximate surface area is 84.4 Å². The van der Waals surface area contributed by atoms with E-state index in [0.29, 0.717) is 11.7 Å². The Kier molecular flexibility index (Phi) is 2.23. The first kappa shape index (κ1) is 9.19. The van der Waals surface area contributed by atoms with Gasteiger partial charge in [-0.15, -0.1) is 0 Å². The van der Waals surface area contributed by atoms with E-state index < -0.39 is 0 Å². The number of phenols is 1. The smallest absolute Gasteiger partial charge is 0.140 e. The average molecular weight is 192 g/mol. The van der Waals surface area contributed by atoms with E-state index in [1.165, 1.54) is 0 Å². The van der Waals surface area contributed by atoms with E-state index in [4.69, 9.17) is 0 Å². The lowest BCUT2D eigenvalue weighted by atomic mass is 10.2. The highest BCUT2D eigenvalue weighted by Gasteiger charge is 2.17. The predicted octanol–water partition coefficient (Wildman–Crippen LogP) is 1.89. The van der Waals surface area contributed by atoms with Crippen molar-refractivity contribution in [2.75, 3.05) is 30.4 Å². The first-order valence-electron chi connectivity index (χ1n) is 4.95. The van der Waals surface area contributed by atoms with Crippen LogP contribution in [-0.4, -0.2) is 25.2 Å². The Morgan fingerprint density at radius 2 is 2.29 bits per heavy atom. The Balaban J connectivity index is 2.43. The number of anilines is 2. The molecule has 1 aromatic rings. The number of fused-ring (bicyclic) bond motifs is 1. The quantitative estimate of drug-likeness (QED) is 0.616. The summed E-state index contributed by atoms with van der Waals surface area (Å²) in [5, 5.41) is 13.0. The number of hydrogen-bond donors (Lipinski definition) is 2. The normalized spacial score (nSPS) is 21.0. The van der Waals surface area contributed by atoms with Gasteiger partial charge in [0.25, 0.3) is 0 Å². The molecule has 76 valence electrons. The number of nitrogens with zero attached hydrogens (tertiary/aromatic N) is 1. The summed E-state index contributed by atoms with van der Waals surface area (Å²) in [5.74, 6) is 0.926. The summed E-state index contributed by atoms with van der Waals surface area (Å²) in [6, 6.07) is 5.62. The van der Waals surface area contributed by atoms with Crippen LogP contribution in [0.4, 0.5) is 11.4 Å². The predicted molar refractivity (Wildman–Crippen MR) is 59.0 cm³/mol. The van der Waals surface area contributed by atoms with Crippen LogP contribution < -0.4 is 10.2 Å². The summed E-state index contributed by atoms with van der Waals surface area (Å²) in [5.41, 5.74) is 1.94. The van der Waals surface area contributed by atoms with E-state index in [2.05, 4.69) is 24.2 Å². The summed E-state index contributed by atoms with van der Waals surface area (Å²) in [6.07, 6.45) is 0. The molecule has 0 spiro atoms. The Hall–Kier alpha value is -1.38. The van der Waals surface area contributed by atoms with Gasteiger partial charge >= 0.3 is 0 Å². The molecule has 1 aliphatic rings. The van der Waals surface area contributed by atoms with Gasteiger partial charge in [-0.3, -0.25) is 0 Å². The van der Waals surface area contributed by atoms with Crippen molar-refractivity contribution in [2.24, 2.45) is 5.92 Å². The summed E-state index contributed by atoms with van der Waals surface area (Å²) >= 11 is 0. The maximum atomic E-state index is 9.70. The highest BCUT2D eigenvalue weighted by Crippen LogP contribution is 2.35. The minimum absolute atomic E-state index is 0.337. The van der Waals surface area contributed by atoms with Gasteiger partial charge in [-0.2, -0.15) is 0 Å². The molecule has 3 heteroatoms. The zero-order chi connectivity index (χ0) is 10.1. The fourth-order valence-corrected chi connectivity index (χ4v) is 1.93.